The van der Waals surface area contributed by atoms with Gasteiger partial charge in [0.15, 0.2) is 0 Å². The number of imidazole rings is 1. The molecule has 0 N–H and O–H groups in total. The van der Waals surface area contributed by atoms with E-state index in [1.54, 1.807) is 13.3 Å². The van der Waals surface area contributed by atoms with E-state index < -0.39 is 11.7 Å². The second kappa shape index (κ2) is 8.49. The number of aromatic nitrogens is 3. The molecule has 0 unspecified atom stereocenters. The molecule has 4 nitrogen and oxygen atoms in total. The Labute approximate surface area is 166 Å². The van der Waals surface area contributed by atoms with Crippen molar-refractivity contribution in [2.45, 2.75) is 38.9 Å². The SMILES string of the molecule is CCc1nc2ccnc(-c3ccc(C(F)(F)F)cc3Cl)c2n1CCCCOC. The summed E-state index contributed by atoms with van der Waals surface area (Å²) in [5.41, 5.74) is 1.76. The average molecular weight is 412 g/mol. The van der Waals surface area contributed by atoms with Crippen LogP contribution in [0.3, 0.4) is 0 Å². The normalized spacial score (nSPS) is 12.1. The number of rotatable bonds is 7. The number of aryl methyl sites for hydroxylation is 2. The average Bonchev–Trinajstić information content (AvgIpc) is 3.02. The standard InChI is InChI=1S/C20H21ClF3N3O/c1-3-17-26-16-8-9-25-18(19(16)27(17)10-4-5-11-28-2)14-7-6-13(12-15(14)21)20(22,23)24/h6-9,12H,3-5,10-11H2,1-2H3. The van der Waals surface area contributed by atoms with Crippen LogP contribution in [0.5, 0.6) is 0 Å². The van der Waals surface area contributed by atoms with E-state index in [2.05, 4.69) is 14.5 Å². The van der Waals surface area contributed by atoms with Crippen molar-refractivity contribution < 1.29 is 17.9 Å². The monoisotopic (exact) mass is 411 g/mol. The van der Waals surface area contributed by atoms with Gasteiger partial charge in [0.2, 0.25) is 0 Å². The number of fused-ring (bicyclic) bond motifs is 1. The van der Waals surface area contributed by atoms with Crippen molar-refractivity contribution in [1.82, 2.24) is 14.5 Å². The van der Waals surface area contributed by atoms with Crippen molar-refractivity contribution in [3.8, 4) is 11.3 Å². The fraction of sp³-hybridized carbons (Fsp3) is 0.400. The molecule has 3 rings (SSSR count). The van der Waals surface area contributed by atoms with Crippen LogP contribution in [-0.2, 0) is 23.9 Å². The topological polar surface area (TPSA) is 39.9 Å². The lowest BCUT2D eigenvalue weighted by Gasteiger charge is -2.13. The zero-order valence-corrected chi connectivity index (χ0v) is 16.4. The zero-order chi connectivity index (χ0) is 20.3. The first-order chi connectivity index (χ1) is 13.4. The van der Waals surface area contributed by atoms with Gasteiger partial charge in [-0.2, -0.15) is 13.2 Å². The number of ether oxygens (including phenoxy) is 1. The summed E-state index contributed by atoms with van der Waals surface area (Å²) in [4.78, 5) is 9.10. The van der Waals surface area contributed by atoms with Gasteiger partial charge in [0.1, 0.15) is 5.82 Å². The molecule has 0 bridgehead atoms. The van der Waals surface area contributed by atoms with Crippen LogP contribution in [0.2, 0.25) is 5.02 Å². The molecule has 8 heteroatoms. The summed E-state index contributed by atoms with van der Waals surface area (Å²) in [5, 5.41) is 0.0139. The van der Waals surface area contributed by atoms with Crippen molar-refractivity contribution >= 4 is 22.6 Å². The molecule has 2 heterocycles. The molecule has 0 aliphatic carbocycles. The predicted molar refractivity (Wildman–Crippen MR) is 103 cm³/mol. The lowest BCUT2D eigenvalue weighted by Crippen LogP contribution is -2.06. The zero-order valence-electron chi connectivity index (χ0n) is 15.7. The number of unbranched alkanes of at least 4 members (excludes halogenated alkanes) is 1. The Balaban J connectivity index is 2.10. The minimum atomic E-state index is -4.44. The molecule has 0 radical (unpaired) electrons. The van der Waals surface area contributed by atoms with E-state index in [1.165, 1.54) is 6.07 Å². The van der Waals surface area contributed by atoms with Crippen molar-refractivity contribution in [3.05, 3.63) is 46.9 Å². The summed E-state index contributed by atoms with van der Waals surface area (Å²) < 4.78 is 46.1. The molecule has 150 valence electrons. The first kappa shape index (κ1) is 20.6. The fourth-order valence-corrected chi connectivity index (χ4v) is 3.51. The highest BCUT2D eigenvalue weighted by atomic mass is 35.5. The molecule has 0 aliphatic rings. The van der Waals surface area contributed by atoms with E-state index in [0.717, 1.165) is 54.8 Å². The van der Waals surface area contributed by atoms with Gasteiger partial charge in [-0.25, -0.2) is 4.98 Å². The number of hydrogen-bond donors (Lipinski definition) is 0. The number of pyridine rings is 1. The maximum absolute atomic E-state index is 13.0. The summed E-state index contributed by atoms with van der Waals surface area (Å²) in [5.74, 6) is 0.907. The van der Waals surface area contributed by atoms with Crippen molar-refractivity contribution in [3.63, 3.8) is 0 Å². The minimum Gasteiger partial charge on any atom is -0.385 e. The van der Waals surface area contributed by atoms with Gasteiger partial charge in [0.05, 0.1) is 27.3 Å². The lowest BCUT2D eigenvalue weighted by atomic mass is 10.1. The third-order valence-electron chi connectivity index (χ3n) is 4.58. The lowest BCUT2D eigenvalue weighted by molar-refractivity contribution is -0.137. The van der Waals surface area contributed by atoms with Gasteiger partial charge in [-0.3, -0.25) is 4.98 Å². The van der Waals surface area contributed by atoms with Crippen LogP contribution in [0, 0.1) is 0 Å². The molecule has 0 atom stereocenters. The Hall–Kier alpha value is -2.12. The van der Waals surface area contributed by atoms with Crippen LogP contribution in [0.15, 0.2) is 30.5 Å². The molecule has 1 aromatic carbocycles. The third-order valence-corrected chi connectivity index (χ3v) is 4.89. The summed E-state index contributed by atoms with van der Waals surface area (Å²) in [6, 6.07) is 5.15. The highest BCUT2D eigenvalue weighted by Gasteiger charge is 2.31. The molecule has 2 aromatic heterocycles. The largest absolute Gasteiger partial charge is 0.416 e. The van der Waals surface area contributed by atoms with Gasteiger partial charge < -0.3 is 9.30 Å². The molecule has 3 aromatic rings. The van der Waals surface area contributed by atoms with Crippen LogP contribution in [0.4, 0.5) is 13.2 Å². The molecule has 0 spiro atoms. The third kappa shape index (κ3) is 4.15. The van der Waals surface area contributed by atoms with Crippen LogP contribution in [0.1, 0.15) is 31.2 Å². The van der Waals surface area contributed by atoms with Crippen LogP contribution in [0.25, 0.3) is 22.3 Å². The fourth-order valence-electron chi connectivity index (χ4n) is 3.24. The molecule has 0 aliphatic heterocycles. The van der Waals surface area contributed by atoms with Crippen molar-refractivity contribution in [2.24, 2.45) is 0 Å². The Bertz CT molecular complexity index is 969. The van der Waals surface area contributed by atoms with E-state index >= 15 is 0 Å². The minimum absolute atomic E-state index is 0.0139. The van der Waals surface area contributed by atoms with E-state index in [1.807, 2.05) is 13.0 Å². The number of methoxy groups -OCH3 is 1. The van der Waals surface area contributed by atoms with E-state index in [-0.39, 0.29) is 5.02 Å². The summed E-state index contributed by atoms with van der Waals surface area (Å²) in [7, 11) is 1.67. The van der Waals surface area contributed by atoms with Crippen LogP contribution >= 0.6 is 11.6 Å². The smallest absolute Gasteiger partial charge is 0.385 e. The highest BCUT2D eigenvalue weighted by molar-refractivity contribution is 6.33. The van der Waals surface area contributed by atoms with Crippen molar-refractivity contribution in [2.75, 3.05) is 13.7 Å². The number of hydrogen-bond acceptors (Lipinski definition) is 3. The number of halogens is 4. The molecule has 28 heavy (non-hydrogen) atoms. The molecule has 0 amide bonds. The maximum atomic E-state index is 13.0. The Morgan fingerprint density at radius 2 is 1.96 bits per heavy atom. The van der Waals surface area contributed by atoms with Crippen molar-refractivity contribution in [1.29, 1.82) is 0 Å². The maximum Gasteiger partial charge on any atom is 0.416 e. The molecular weight excluding hydrogens is 391 g/mol. The van der Waals surface area contributed by atoms with Gasteiger partial charge in [0, 0.05) is 38.4 Å². The second-order valence-corrected chi connectivity index (χ2v) is 6.86. The Morgan fingerprint density at radius 1 is 1.18 bits per heavy atom. The van der Waals surface area contributed by atoms with E-state index in [4.69, 9.17) is 16.3 Å². The first-order valence-corrected chi connectivity index (χ1v) is 9.44. The summed E-state index contributed by atoms with van der Waals surface area (Å²) >= 11 is 6.22. The van der Waals surface area contributed by atoms with Gasteiger partial charge in [-0.1, -0.05) is 24.6 Å². The Kier molecular flexibility index (Phi) is 6.25. The molecule has 0 saturated carbocycles. The predicted octanol–water partition coefficient (Wildman–Crippen LogP) is 5.76. The number of alkyl halides is 3. The number of nitrogens with zero attached hydrogens (tertiary/aromatic N) is 3. The molecule has 0 fully saturated rings. The first-order valence-electron chi connectivity index (χ1n) is 9.07. The van der Waals surface area contributed by atoms with Gasteiger partial charge in [-0.15, -0.1) is 0 Å². The summed E-state index contributed by atoms with van der Waals surface area (Å²) in [6.45, 7) is 3.41. The van der Waals surface area contributed by atoms with Gasteiger partial charge in [0.25, 0.3) is 0 Å². The molecule has 0 saturated heterocycles. The Morgan fingerprint density at radius 3 is 2.61 bits per heavy atom. The quantitative estimate of drug-likeness (QED) is 0.464. The second-order valence-electron chi connectivity index (χ2n) is 6.45. The van der Waals surface area contributed by atoms with Crippen LogP contribution < -0.4 is 0 Å². The van der Waals surface area contributed by atoms with Gasteiger partial charge >= 0.3 is 6.18 Å². The summed E-state index contributed by atoms with van der Waals surface area (Å²) in [6.07, 6.45) is -0.316. The highest BCUT2D eigenvalue weighted by Crippen LogP contribution is 2.37. The molecular formula is C20H21ClF3N3O. The van der Waals surface area contributed by atoms with E-state index in [9.17, 15) is 13.2 Å². The van der Waals surface area contributed by atoms with Gasteiger partial charge in [-0.05, 0) is 31.0 Å². The number of benzene rings is 1. The van der Waals surface area contributed by atoms with E-state index in [0.29, 0.717) is 17.9 Å². The van der Waals surface area contributed by atoms with Crippen LogP contribution in [-0.4, -0.2) is 28.3 Å².